The van der Waals surface area contributed by atoms with Crippen LogP contribution in [0.25, 0.3) is 10.8 Å². The summed E-state index contributed by atoms with van der Waals surface area (Å²) in [6.07, 6.45) is 7.03. The molecule has 1 aromatic carbocycles. The number of ether oxygens (including phenoxy) is 3. The van der Waals surface area contributed by atoms with Gasteiger partial charge in [-0.1, -0.05) is 25.3 Å². The van der Waals surface area contributed by atoms with Crippen LogP contribution in [0.5, 0.6) is 11.6 Å². The lowest BCUT2D eigenvalue weighted by Crippen LogP contribution is -2.59. The Morgan fingerprint density at radius 2 is 1.81 bits per heavy atom. The Labute approximate surface area is 304 Å². The van der Waals surface area contributed by atoms with Gasteiger partial charge in [-0.2, -0.15) is 0 Å². The van der Waals surface area contributed by atoms with Crippen LogP contribution < -0.4 is 24.8 Å². The molecule has 3 N–H and O–H groups in total. The first-order valence-corrected chi connectivity index (χ1v) is 19.6. The molecule has 3 aliphatic carbocycles. The number of fused-ring (bicyclic) bond motifs is 1. The van der Waals surface area contributed by atoms with E-state index < -0.39 is 74.3 Å². The largest absolute Gasteiger partial charge is 0.497 e. The van der Waals surface area contributed by atoms with E-state index in [1.807, 2.05) is 18.2 Å². The zero-order chi connectivity index (χ0) is 37.4. The number of benzene rings is 1. The Kier molecular flexibility index (Phi) is 10.5. The summed E-state index contributed by atoms with van der Waals surface area (Å²) in [5.74, 6) is -1.67. The van der Waals surface area contributed by atoms with Crippen molar-refractivity contribution in [1.82, 2.24) is 25.2 Å². The van der Waals surface area contributed by atoms with Crippen LogP contribution in [0.3, 0.4) is 0 Å². The second-order valence-corrected chi connectivity index (χ2v) is 17.4. The molecule has 282 valence electrons. The first-order valence-electron chi connectivity index (χ1n) is 18.0. The molecule has 0 radical (unpaired) electrons. The number of hydrogen-bond acceptors (Lipinski definition) is 10. The summed E-state index contributed by atoms with van der Waals surface area (Å²) in [4.78, 5) is 61.4. The fourth-order valence-corrected chi connectivity index (χ4v) is 8.73. The summed E-state index contributed by atoms with van der Waals surface area (Å²) in [7, 11) is -2.32. The maximum Gasteiger partial charge on any atom is 0.408 e. The summed E-state index contributed by atoms with van der Waals surface area (Å²) in [6.45, 7) is 8.98. The molecule has 2 aromatic rings. The van der Waals surface area contributed by atoms with E-state index in [1.165, 1.54) is 11.0 Å². The first-order chi connectivity index (χ1) is 24.6. The molecule has 6 rings (SSSR count). The van der Waals surface area contributed by atoms with E-state index >= 15 is 0 Å². The number of likely N-dealkylation sites (tertiary alicyclic amines) is 1. The Morgan fingerprint density at radius 1 is 1.08 bits per heavy atom. The number of hydrogen-bond donors (Lipinski definition) is 3. The minimum Gasteiger partial charge on any atom is -0.497 e. The molecule has 4 fully saturated rings. The predicted octanol–water partition coefficient (Wildman–Crippen LogP) is 3.73. The lowest BCUT2D eigenvalue weighted by atomic mass is 9.83. The molecule has 0 unspecified atom stereocenters. The van der Waals surface area contributed by atoms with Gasteiger partial charge in [-0.3, -0.25) is 19.1 Å². The van der Waals surface area contributed by atoms with E-state index in [-0.39, 0.29) is 25.3 Å². The molecular formula is C37H49N5O9S. The summed E-state index contributed by atoms with van der Waals surface area (Å²) in [5.41, 5.74) is -2.34. The van der Waals surface area contributed by atoms with Gasteiger partial charge in [0.25, 0.3) is 5.91 Å². The molecule has 15 heteroatoms. The number of pyridine rings is 1. The maximum atomic E-state index is 14.7. The second kappa shape index (κ2) is 14.6. The SMILES string of the molecule is C=C[C@@H]1C[C@]1(NC(=O)[C@@H]1C[C@@H](Oc2nccc3cc(OC)ccc23)CN1C(=O)[C@@H](NC(=O)OC(C)(C)C)C1CCCCC1)C(=O)NS(=O)(=O)C1CC1. The third kappa shape index (κ3) is 8.13. The standard InChI is InChI=1S/C37H49N5O9S/c1-6-24-20-37(24,34(45)41-52(47,48)27-13-14-27)40-31(43)29-19-26(50-32-28-15-12-25(49-5)18-23(28)16-17-38-32)21-42(29)33(44)30(22-10-8-7-9-11-22)39-35(46)51-36(2,3)4/h6,12,15-18,22,24,26-27,29-30H,1,7-11,13-14,19-21H2,2-5H3,(H,39,46)(H,40,43)(H,41,45)/t24-,26-,29+,30+,37-/m1/s1. The van der Waals surface area contributed by atoms with Gasteiger partial charge in [0.05, 0.1) is 18.9 Å². The number of alkyl carbamates (subject to hydrolysis) is 1. The van der Waals surface area contributed by atoms with Crippen molar-refractivity contribution in [2.45, 2.75) is 113 Å². The molecule has 2 heterocycles. The Bertz CT molecular complexity index is 1840. The average molecular weight is 740 g/mol. The van der Waals surface area contributed by atoms with Crippen LogP contribution in [0.1, 0.15) is 78.6 Å². The van der Waals surface area contributed by atoms with Crippen molar-refractivity contribution in [1.29, 1.82) is 0 Å². The monoisotopic (exact) mass is 739 g/mol. The smallest absolute Gasteiger partial charge is 0.408 e. The maximum absolute atomic E-state index is 14.7. The minimum absolute atomic E-state index is 0.00942. The lowest BCUT2D eigenvalue weighted by molar-refractivity contribution is -0.142. The molecule has 4 aliphatic rings. The molecule has 1 saturated heterocycles. The van der Waals surface area contributed by atoms with Gasteiger partial charge in [0.2, 0.25) is 27.7 Å². The zero-order valence-corrected chi connectivity index (χ0v) is 31.0. The van der Waals surface area contributed by atoms with Crippen LogP contribution in [0.15, 0.2) is 43.1 Å². The van der Waals surface area contributed by atoms with Gasteiger partial charge >= 0.3 is 6.09 Å². The van der Waals surface area contributed by atoms with Gasteiger partial charge in [-0.25, -0.2) is 18.2 Å². The van der Waals surface area contributed by atoms with Crippen molar-refractivity contribution in [3.63, 3.8) is 0 Å². The zero-order valence-electron chi connectivity index (χ0n) is 30.2. The molecule has 5 atom stereocenters. The van der Waals surface area contributed by atoms with E-state index in [2.05, 4.69) is 26.9 Å². The number of methoxy groups -OCH3 is 1. The summed E-state index contributed by atoms with van der Waals surface area (Å²) < 4.78 is 44.9. The quantitative estimate of drug-likeness (QED) is 0.271. The Morgan fingerprint density at radius 3 is 2.44 bits per heavy atom. The summed E-state index contributed by atoms with van der Waals surface area (Å²) in [5, 5.41) is 6.53. The van der Waals surface area contributed by atoms with Gasteiger partial charge in [-0.15, -0.1) is 6.58 Å². The van der Waals surface area contributed by atoms with Gasteiger partial charge in [0, 0.05) is 23.9 Å². The van der Waals surface area contributed by atoms with E-state index in [0.29, 0.717) is 42.7 Å². The highest BCUT2D eigenvalue weighted by Crippen LogP contribution is 2.45. The number of carbonyl (C=O) groups is 4. The second-order valence-electron chi connectivity index (χ2n) is 15.4. The lowest BCUT2D eigenvalue weighted by Gasteiger charge is -2.35. The highest BCUT2D eigenvalue weighted by molar-refractivity contribution is 7.91. The van der Waals surface area contributed by atoms with E-state index in [0.717, 1.165) is 24.6 Å². The Balaban J connectivity index is 1.29. The predicted molar refractivity (Wildman–Crippen MR) is 192 cm³/mol. The van der Waals surface area contributed by atoms with Crippen molar-refractivity contribution < 1.29 is 41.8 Å². The van der Waals surface area contributed by atoms with Crippen LogP contribution in [-0.4, -0.2) is 90.3 Å². The minimum atomic E-state index is -3.89. The van der Waals surface area contributed by atoms with Crippen LogP contribution in [0, 0.1) is 11.8 Å². The molecule has 3 saturated carbocycles. The number of rotatable bonds is 12. The highest BCUT2D eigenvalue weighted by atomic mass is 32.2. The van der Waals surface area contributed by atoms with Gasteiger partial charge in [0.15, 0.2) is 0 Å². The third-order valence-electron chi connectivity index (χ3n) is 10.4. The molecular weight excluding hydrogens is 691 g/mol. The molecule has 1 aliphatic heterocycles. The molecule has 4 amide bonds. The van der Waals surface area contributed by atoms with Crippen LogP contribution in [0.4, 0.5) is 4.79 Å². The number of nitrogens with one attached hydrogen (secondary N) is 3. The molecule has 0 spiro atoms. The van der Waals surface area contributed by atoms with Gasteiger partial charge < -0.3 is 29.7 Å². The van der Waals surface area contributed by atoms with Crippen molar-refractivity contribution in [2.24, 2.45) is 11.8 Å². The van der Waals surface area contributed by atoms with Crippen LogP contribution in [-0.2, 0) is 29.1 Å². The van der Waals surface area contributed by atoms with Crippen LogP contribution in [0.2, 0.25) is 0 Å². The van der Waals surface area contributed by atoms with Gasteiger partial charge in [-0.05, 0) is 88.4 Å². The molecule has 0 bridgehead atoms. The fraction of sp³-hybridized carbons (Fsp3) is 0.595. The number of carbonyl (C=O) groups excluding carboxylic acids is 4. The first kappa shape index (κ1) is 37.4. The topological polar surface area (TPSA) is 182 Å². The summed E-state index contributed by atoms with van der Waals surface area (Å²) >= 11 is 0. The Hall–Kier alpha value is -4.40. The molecule has 14 nitrogen and oxygen atoms in total. The number of aromatic nitrogens is 1. The molecule has 52 heavy (non-hydrogen) atoms. The average Bonchev–Trinajstić information content (AvgIpc) is 4.03. The van der Waals surface area contributed by atoms with Gasteiger partial charge in [0.1, 0.15) is 35.1 Å². The number of amides is 4. The normalized spacial score (nSPS) is 25.5. The van der Waals surface area contributed by atoms with Crippen molar-refractivity contribution >= 4 is 44.6 Å². The van der Waals surface area contributed by atoms with E-state index in [1.54, 1.807) is 40.1 Å². The van der Waals surface area contributed by atoms with Crippen molar-refractivity contribution in [3.05, 3.63) is 43.1 Å². The van der Waals surface area contributed by atoms with Crippen LogP contribution >= 0.6 is 0 Å². The number of sulfonamides is 1. The fourth-order valence-electron chi connectivity index (χ4n) is 7.36. The van der Waals surface area contributed by atoms with Crippen molar-refractivity contribution in [2.75, 3.05) is 13.7 Å². The third-order valence-corrected chi connectivity index (χ3v) is 12.2. The highest BCUT2D eigenvalue weighted by Gasteiger charge is 2.62. The van der Waals surface area contributed by atoms with E-state index in [9.17, 15) is 27.6 Å². The summed E-state index contributed by atoms with van der Waals surface area (Å²) in [6, 6.07) is 5.19. The van der Waals surface area contributed by atoms with E-state index in [4.69, 9.17) is 14.2 Å². The molecule has 1 aromatic heterocycles. The van der Waals surface area contributed by atoms with Crippen molar-refractivity contribution in [3.8, 4) is 11.6 Å². The number of nitrogens with zero attached hydrogens (tertiary/aromatic N) is 2.